The molecule has 0 aromatic rings. The lowest BCUT2D eigenvalue weighted by Gasteiger charge is -2.11. The normalized spacial score (nSPS) is 27.6. The first kappa shape index (κ1) is 8.02. The monoisotopic (exact) mass is 142 g/mol. The van der Waals surface area contributed by atoms with Crippen LogP contribution in [0.25, 0.3) is 0 Å². The number of nitrogens with two attached hydrogens (primary N) is 1. The molecule has 2 N–H and O–H groups in total. The van der Waals surface area contributed by atoms with Crippen molar-refractivity contribution in [3.05, 3.63) is 0 Å². The van der Waals surface area contributed by atoms with E-state index in [0.717, 1.165) is 12.6 Å². The van der Waals surface area contributed by atoms with E-state index in [1.54, 1.807) is 0 Å². The summed E-state index contributed by atoms with van der Waals surface area (Å²) < 4.78 is 0. The standard InChI is InChI=1S/C8H18N2/c1-2-3-8-4-5-10(6-8)7-9/h8H,2-7,9H2,1H3. The molecule has 1 rings (SSSR count). The zero-order chi connectivity index (χ0) is 7.40. The lowest BCUT2D eigenvalue weighted by molar-refractivity contribution is 0.330. The van der Waals surface area contributed by atoms with Crippen molar-refractivity contribution in [1.29, 1.82) is 0 Å². The van der Waals surface area contributed by atoms with E-state index in [2.05, 4.69) is 11.8 Å². The predicted octanol–water partition coefficient (Wildman–Crippen LogP) is 1.02. The minimum absolute atomic E-state index is 0.750. The first-order valence-electron chi connectivity index (χ1n) is 4.29. The third-order valence-corrected chi connectivity index (χ3v) is 2.33. The molecule has 1 aliphatic rings. The van der Waals surface area contributed by atoms with Gasteiger partial charge in [0.1, 0.15) is 0 Å². The highest BCUT2D eigenvalue weighted by Gasteiger charge is 2.19. The van der Waals surface area contributed by atoms with Gasteiger partial charge in [0.2, 0.25) is 0 Å². The summed E-state index contributed by atoms with van der Waals surface area (Å²) in [5.41, 5.74) is 5.52. The third kappa shape index (κ3) is 1.96. The fraction of sp³-hybridized carbons (Fsp3) is 1.00. The summed E-state index contributed by atoms with van der Waals surface area (Å²) >= 11 is 0. The van der Waals surface area contributed by atoms with Crippen LogP contribution in [0.15, 0.2) is 0 Å². The summed E-state index contributed by atoms with van der Waals surface area (Å²) in [4.78, 5) is 2.33. The summed E-state index contributed by atoms with van der Waals surface area (Å²) in [7, 11) is 0. The van der Waals surface area contributed by atoms with Crippen LogP contribution in [-0.4, -0.2) is 24.7 Å². The Morgan fingerprint density at radius 1 is 1.60 bits per heavy atom. The van der Waals surface area contributed by atoms with Gasteiger partial charge in [-0.3, -0.25) is 4.90 Å². The topological polar surface area (TPSA) is 29.3 Å². The minimum atomic E-state index is 0.750. The summed E-state index contributed by atoms with van der Waals surface area (Å²) in [5.74, 6) is 0.938. The molecule has 1 saturated heterocycles. The van der Waals surface area contributed by atoms with Crippen molar-refractivity contribution in [2.45, 2.75) is 26.2 Å². The molecule has 0 aliphatic carbocycles. The highest BCUT2D eigenvalue weighted by atomic mass is 15.2. The van der Waals surface area contributed by atoms with Crippen molar-refractivity contribution in [3.63, 3.8) is 0 Å². The first-order valence-corrected chi connectivity index (χ1v) is 4.29. The molecule has 0 radical (unpaired) electrons. The van der Waals surface area contributed by atoms with Crippen LogP contribution in [0.3, 0.4) is 0 Å². The second kappa shape index (κ2) is 3.94. The second-order valence-electron chi connectivity index (χ2n) is 3.20. The van der Waals surface area contributed by atoms with Crippen molar-refractivity contribution in [1.82, 2.24) is 4.90 Å². The van der Waals surface area contributed by atoms with Crippen molar-refractivity contribution in [2.24, 2.45) is 11.7 Å². The van der Waals surface area contributed by atoms with Crippen molar-refractivity contribution in [2.75, 3.05) is 19.8 Å². The van der Waals surface area contributed by atoms with E-state index in [4.69, 9.17) is 5.73 Å². The maximum atomic E-state index is 5.52. The molecule has 0 saturated carbocycles. The Balaban J connectivity index is 2.15. The number of hydrogen-bond acceptors (Lipinski definition) is 2. The van der Waals surface area contributed by atoms with Crippen LogP contribution in [0.5, 0.6) is 0 Å². The second-order valence-corrected chi connectivity index (χ2v) is 3.20. The maximum absolute atomic E-state index is 5.52. The van der Waals surface area contributed by atoms with E-state index in [-0.39, 0.29) is 0 Å². The molecule has 10 heavy (non-hydrogen) atoms. The SMILES string of the molecule is CCCC1CCN(CN)C1. The number of rotatable bonds is 3. The van der Waals surface area contributed by atoms with Gasteiger partial charge in [-0.1, -0.05) is 13.3 Å². The molecule has 1 fully saturated rings. The molecular formula is C8H18N2. The van der Waals surface area contributed by atoms with Gasteiger partial charge < -0.3 is 5.73 Å². The zero-order valence-electron chi connectivity index (χ0n) is 6.84. The van der Waals surface area contributed by atoms with Crippen molar-refractivity contribution in [3.8, 4) is 0 Å². The molecule has 0 spiro atoms. The quantitative estimate of drug-likeness (QED) is 0.637. The van der Waals surface area contributed by atoms with Gasteiger partial charge in [0.05, 0.1) is 0 Å². The Hall–Kier alpha value is -0.0800. The van der Waals surface area contributed by atoms with Gasteiger partial charge in [-0.15, -0.1) is 0 Å². The van der Waals surface area contributed by atoms with Crippen molar-refractivity contribution >= 4 is 0 Å². The predicted molar refractivity (Wildman–Crippen MR) is 43.6 cm³/mol. The van der Waals surface area contributed by atoms with Crippen LogP contribution in [-0.2, 0) is 0 Å². The molecule has 0 aromatic carbocycles. The fourth-order valence-corrected chi connectivity index (χ4v) is 1.72. The molecule has 0 bridgehead atoms. The molecule has 2 heteroatoms. The third-order valence-electron chi connectivity index (χ3n) is 2.33. The van der Waals surface area contributed by atoms with E-state index in [9.17, 15) is 0 Å². The van der Waals surface area contributed by atoms with Crippen molar-refractivity contribution < 1.29 is 0 Å². The van der Waals surface area contributed by atoms with Crippen LogP contribution in [0.1, 0.15) is 26.2 Å². The molecule has 0 amide bonds. The lowest BCUT2D eigenvalue weighted by atomic mass is 10.0. The van der Waals surface area contributed by atoms with E-state index >= 15 is 0 Å². The van der Waals surface area contributed by atoms with E-state index in [1.165, 1.54) is 32.4 Å². The Labute approximate surface area is 63.4 Å². The summed E-state index contributed by atoms with van der Waals surface area (Å²) in [5, 5.41) is 0. The molecule has 1 atom stereocenters. The number of likely N-dealkylation sites (tertiary alicyclic amines) is 1. The smallest absolute Gasteiger partial charge is 0.0455 e. The summed E-state index contributed by atoms with van der Waals surface area (Å²) in [6.45, 7) is 5.47. The van der Waals surface area contributed by atoms with Crippen LogP contribution >= 0.6 is 0 Å². The van der Waals surface area contributed by atoms with Crippen LogP contribution in [0, 0.1) is 5.92 Å². The Morgan fingerprint density at radius 2 is 2.40 bits per heavy atom. The van der Waals surface area contributed by atoms with Gasteiger partial charge in [-0.05, 0) is 25.3 Å². The molecule has 2 nitrogen and oxygen atoms in total. The molecule has 1 heterocycles. The Bertz CT molecular complexity index is 93.3. The Kier molecular flexibility index (Phi) is 3.16. The van der Waals surface area contributed by atoms with Gasteiger partial charge in [0.15, 0.2) is 0 Å². The first-order chi connectivity index (χ1) is 4.86. The van der Waals surface area contributed by atoms with E-state index in [1.807, 2.05) is 0 Å². The van der Waals surface area contributed by atoms with E-state index < -0.39 is 0 Å². The maximum Gasteiger partial charge on any atom is 0.0455 e. The lowest BCUT2D eigenvalue weighted by Crippen LogP contribution is -2.27. The molecule has 1 unspecified atom stereocenters. The van der Waals surface area contributed by atoms with Gasteiger partial charge in [-0.25, -0.2) is 0 Å². The average Bonchev–Trinajstić information content (AvgIpc) is 2.37. The van der Waals surface area contributed by atoms with Crippen LogP contribution < -0.4 is 5.73 Å². The largest absolute Gasteiger partial charge is 0.318 e. The Morgan fingerprint density at radius 3 is 2.90 bits per heavy atom. The van der Waals surface area contributed by atoms with Gasteiger partial charge in [0.25, 0.3) is 0 Å². The molecule has 1 aliphatic heterocycles. The number of nitrogens with zero attached hydrogens (tertiary/aromatic N) is 1. The van der Waals surface area contributed by atoms with Crippen LogP contribution in [0.2, 0.25) is 0 Å². The molecular weight excluding hydrogens is 124 g/mol. The fourth-order valence-electron chi connectivity index (χ4n) is 1.72. The number of hydrogen-bond donors (Lipinski definition) is 1. The summed E-state index contributed by atoms with van der Waals surface area (Å²) in [6, 6.07) is 0. The molecule has 0 aromatic heterocycles. The van der Waals surface area contributed by atoms with Gasteiger partial charge >= 0.3 is 0 Å². The average molecular weight is 142 g/mol. The minimum Gasteiger partial charge on any atom is -0.318 e. The van der Waals surface area contributed by atoms with Crippen LogP contribution in [0.4, 0.5) is 0 Å². The van der Waals surface area contributed by atoms with Gasteiger partial charge in [0, 0.05) is 13.2 Å². The highest BCUT2D eigenvalue weighted by molar-refractivity contribution is 4.73. The highest BCUT2D eigenvalue weighted by Crippen LogP contribution is 2.19. The van der Waals surface area contributed by atoms with Gasteiger partial charge in [-0.2, -0.15) is 0 Å². The molecule has 60 valence electrons. The van der Waals surface area contributed by atoms with E-state index in [0.29, 0.717) is 0 Å². The zero-order valence-corrected chi connectivity index (χ0v) is 6.84. The summed E-state index contributed by atoms with van der Waals surface area (Å²) in [6.07, 6.45) is 4.07.